The molecule has 1 unspecified atom stereocenters. The Balaban J connectivity index is 1.96. The number of hydrogen-bond donors (Lipinski definition) is 1. The van der Waals surface area contributed by atoms with E-state index < -0.39 is 73.2 Å². The van der Waals surface area contributed by atoms with Crippen LogP contribution in [0.3, 0.4) is 0 Å². The zero-order chi connectivity index (χ0) is 37.7. The summed E-state index contributed by atoms with van der Waals surface area (Å²) >= 11 is 0. The second kappa shape index (κ2) is 14.2. The SMILES string of the molecule is CC[Si](CC)(CC)O[C@H]1CC2OC[C@@]2(OC(C)=O)[C@H]2[C@H](OC(=O)c3ccccc3)C(OC)=C3C(OC)=C(C)C(=C(C)C)[C@@H](OC(C)=O)[C@]3(O)[C@]12C. The number of benzene rings is 1. The molecule has 0 bridgehead atoms. The number of allylic oxidation sites excluding steroid dienone is 1. The molecule has 12 heteroatoms. The Morgan fingerprint density at radius 1 is 0.941 bits per heavy atom. The van der Waals surface area contributed by atoms with Crippen LogP contribution in [0.4, 0.5) is 0 Å². The Bertz CT molecular complexity index is 1630. The molecular weight excluding hydrogens is 673 g/mol. The van der Waals surface area contributed by atoms with E-state index in [1.165, 1.54) is 28.1 Å². The Kier molecular flexibility index (Phi) is 10.8. The quantitative estimate of drug-likeness (QED) is 0.159. The van der Waals surface area contributed by atoms with Crippen LogP contribution in [0.15, 0.2) is 64.1 Å². The van der Waals surface area contributed by atoms with Gasteiger partial charge in [-0.3, -0.25) is 9.59 Å². The molecule has 1 aromatic rings. The largest absolute Gasteiger partial charge is 0.497 e. The summed E-state index contributed by atoms with van der Waals surface area (Å²) in [6, 6.07) is 11.0. The van der Waals surface area contributed by atoms with E-state index >= 15 is 0 Å². The lowest BCUT2D eigenvalue weighted by Gasteiger charge is -2.70. The fourth-order valence-corrected chi connectivity index (χ4v) is 12.4. The number of esters is 3. The van der Waals surface area contributed by atoms with Crippen molar-refractivity contribution < 1.29 is 52.3 Å². The Morgan fingerprint density at radius 2 is 1.57 bits per heavy atom. The second-order valence-electron chi connectivity index (χ2n) is 14.7. The second-order valence-corrected chi connectivity index (χ2v) is 19.4. The first-order chi connectivity index (χ1) is 24.1. The van der Waals surface area contributed by atoms with E-state index in [4.69, 9.17) is 32.8 Å². The molecule has 1 saturated heterocycles. The topological polar surface area (TPSA) is 136 Å². The summed E-state index contributed by atoms with van der Waals surface area (Å²) in [5, 5.41) is 14.1. The minimum atomic E-state index is -2.46. The highest BCUT2D eigenvalue weighted by Gasteiger charge is 2.81. The van der Waals surface area contributed by atoms with E-state index in [0.717, 1.165) is 23.7 Å². The number of hydrogen-bond acceptors (Lipinski definition) is 11. The predicted molar refractivity (Wildman–Crippen MR) is 191 cm³/mol. The van der Waals surface area contributed by atoms with Crippen molar-refractivity contribution in [1.29, 1.82) is 0 Å². The standard InChI is InChI=1S/C39H54O11Si/c1-12-51(13-2,14-3)50-27-20-28-38(21-46-28,49-25(8)41)34-33(48-36(42)26-18-16-15-17-19-26)32(45-11)30-31(44-10)23(6)29(22(4)5)35(47-24(7)40)39(30,43)37(27,34)9/h15-19,27-28,33-35,43H,12-14,20-21H2,1-11H3/t27-,28?,33+,34-,35+,37+,38-,39-/m0/s1. The molecule has 0 amide bonds. The van der Waals surface area contributed by atoms with Gasteiger partial charge in [-0.15, -0.1) is 0 Å². The van der Waals surface area contributed by atoms with Crippen molar-refractivity contribution >= 4 is 26.2 Å². The van der Waals surface area contributed by atoms with Gasteiger partial charge in [0.25, 0.3) is 0 Å². The van der Waals surface area contributed by atoms with Crippen molar-refractivity contribution in [3.05, 3.63) is 69.7 Å². The normalized spacial score (nSPS) is 32.9. The fraction of sp³-hybridized carbons (Fsp3) is 0.615. The number of carbonyl (C=O) groups is 3. The molecule has 51 heavy (non-hydrogen) atoms. The highest BCUT2D eigenvalue weighted by molar-refractivity contribution is 6.73. The first-order valence-corrected chi connectivity index (χ1v) is 20.5. The lowest BCUT2D eigenvalue weighted by atomic mass is 9.43. The Hall–Kier alpha value is -3.45. The van der Waals surface area contributed by atoms with Crippen molar-refractivity contribution in [3.63, 3.8) is 0 Å². The molecule has 5 rings (SSSR count). The minimum Gasteiger partial charge on any atom is -0.497 e. The lowest BCUT2D eigenvalue weighted by molar-refractivity contribution is -0.358. The van der Waals surface area contributed by atoms with Crippen molar-refractivity contribution in [2.24, 2.45) is 11.3 Å². The maximum atomic E-state index is 14.1. The number of fused-ring (bicyclic) bond motifs is 5. The maximum Gasteiger partial charge on any atom is 0.338 e. The van der Waals surface area contributed by atoms with E-state index in [2.05, 4.69) is 20.8 Å². The molecular formula is C39H54O11Si. The van der Waals surface area contributed by atoms with Crippen LogP contribution in [-0.4, -0.2) is 87.8 Å². The molecule has 11 nitrogen and oxygen atoms in total. The van der Waals surface area contributed by atoms with Crippen LogP contribution in [0.1, 0.15) is 79.1 Å². The molecule has 0 aromatic heterocycles. The molecule has 1 aliphatic heterocycles. The summed E-state index contributed by atoms with van der Waals surface area (Å²) < 4.78 is 45.0. The lowest BCUT2D eigenvalue weighted by Crippen LogP contribution is -2.83. The van der Waals surface area contributed by atoms with E-state index in [9.17, 15) is 19.5 Å². The summed E-state index contributed by atoms with van der Waals surface area (Å²) in [5.41, 5.74) is -2.48. The molecule has 0 radical (unpaired) electrons. The molecule has 0 spiro atoms. The Morgan fingerprint density at radius 3 is 2.04 bits per heavy atom. The first kappa shape index (κ1) is 38.8. The third kappa shape index (κ3) is 5.77. The highest BCUT2D eigenvalue weighted by Crippen LogP contribution is 2.69. The molecule has 280 valence electrons. The van der Waals surface area contributed by atoms with Crippen LogP contribution in [-0.2, 0) is 42.4 Å². The van der Waals surface area contributed by atoms with Crippen LogP contribution in [0, 0.1) is 11.3 Å². The molecule has 1 N–H and O–H groups in total. The summed E-state index contributed by atoms with van der Waals surface area (Å²) in [5.74, 6) is -2.42. The maximum absolute atomic E-state index is 14.1. The van der Waals surface area contributed by atoms with E-state index in [0.29, 0.717) is 22.5 Å². The number of methoxy groups -OCH3 is 2. The van der Waals surface area contributed by atoms with Gasteiger partial charge >= 0.3 is 17.9 Å². The van der Waals surface area contributed by atoms with Crippen LogP contribution in [0.25, 0.3) is 0 Å². The van der Waals surface area contributed by atoms with Crippen molar-refractivity contribution in [2.75, 3.05) is 20.8 Å². The summed E-state index contributed by atoms with van der Waals surface area (Å²) in [6.45, 7) is 16.5. The predicted octanol–water partition coefficient (Wildman–Crippen LogP) is 6.18. The third-order valence-electron chi connectivity index (χ3n) is 12.1. The number of ether oxygens (including phenoxy) is 6. The molecule has 1 saturated carbocycles. The summed E-state index contributed by atoms with van der Waals surface area (Å²) in [7, 11) is 0.477. The van der Waals surface area contributed by atoms with E-state index in [1.54, 1.807) is 30.3 Å². The highest BCUT2D eigenvalue weighted by atomic mass is 28.4. The van der Waals surface area contributed by atoms with E-state index in [-0.39, 0.29) is 24.4 Å². The van der Waals surface area contributed by atoms with Crippen LogP contribution in [0.5, 0.6) is 0 Å². The molecule has 3 aliphatic carbocycles. The van der Waals surface area contributed by atoms with Gasteiger partial charge in [0.2, 0.25) is 0 Å². The molecule has 8 atom stereocenters. The summed E-state index contributed by atoms with van der Waals surface area (Å²) in [4.78, 5) is 40.2. The van der Waals surface area contributed by atoms with Crippen molar-refractivity contribution in [2.45, 2.75) is 122 Å². The van der Waals surface area contributed by atoms with E-state index in [1.807, 2.05) is 27.7 Å². The summed E-state index contributed by atoms with van der Waals surface area (Å²) in [6.07, 6.45) is -3.64. The van der Waals surface area contributed by atoms with Gasteiger partial charge in [-0.1, -0.05) is 51.5 Å². The number of aliphatic hydroxyl groups is 1. The van der Waals surface area contributed by atoms with Crippen LogP contribution in [0.2, 0.25) is 18.1 Å². The number of rotatable bonds is 11. The zero-order valence-corrected chi connectivity index (χ0v) is 32.8. The monoisotopic (exact) mass is 726 g/mol. The van der Waals surface area contributed by atoms with Gasteiger partial charge in [0, 0.05) is 31.3 Å². The molecule has 2 fully saturated rings. The minimum absolute atomic E-state index is 0.0241. The van der Waals surface area contributed by atoms with Crippen molar-refractivity contribution in [3.8, 4) is 0 Å². The number of carbonyl (C=O) groups excluding carboxylic acids is 3. The smallest absolute Gasteiger partial charge is 0.338 e. The van der Waals surface area contributed by atoms with Gasteiger partial charge in [-0.2, -0.15) is 0 Å². The Labute approximate surface area is 302 Å². The van der Waals surface area contributed by atoms with Gasteiger partial charge in [-0.25, -0.2) is 4.79 Å². The van der Waals surface area contributed by atoms with Gasteiger partial charge in [0.15, 0.2) is 26.1 Å². The van der Waals surface area contributed by atoms with Gasteiger partial charge in [-0.05, 0) is 56.6 Å². The van der Waals surface area contributed by atoms with Crippen LogP contribution < -0.4 is 0 Å². The van der Waals surface area contributed by atoms with Crippen LogP contribution >= 0.6 is 0 Å². The van der Waals surface area contributed by atoms with Gasteiger partial charge in [0.05, 0.1) is 44.0 Å². The third-order valence-corrected chi connectivity index (χ3v) is 16.7. The zero-order valence-electron chi connectivity index (χ0n) is 31.8. The van der Waals surface area contributed by atoms with Gasteiger partial charge < -0.3 is 38.0 Å². The molecule has 1 aromatic carbocycles. The average molecular weight is 727 g/mol. The first-order valence-electron chi connectivity index (χ1n) is 17.9. The van der Waals surface area contributed by atoms with Crippen molar-refractivity contribution in [1.82, 2.24) is 0 Å². The fourth-order valence-electron chi connectivity index (χ4n) is 9.49. The van der Waals surface area contributed by atoms with Gasteiger partial charge in [0.1, 0.15) is 23.2 Å². The molecule has 1 heterocycles. The average Bonchev–Trinajstić information content (AvgIpc) is 3.08. The molecule has 4 aliphatic rings.